The molecule has 0 bridgehead atoms. The van der Waals surface area contributed by atoms with Gasteiger partial charge in [0.2, 0.25) is 0 Å². The Kier molecular flexibility index (Phi) is 5.14. The zero-order chi connectivity index (χ0) is 11.1. The standard InChI is InChI=1S/C10H14O3S2/c1-2-14-9-8-13-15(11,12)10-6-4-3-5-7-10/h3-7H,2,8-9H2,1H3. The molecule has 1 aromatic rings. The maximum absolute atomic E-state index is 11.6. The number of hydrogen-bond acceptors (Lipinski definition) is 4. The van der Waals surface area contributed by atoms with Crippen molar-refractivity contribution in [3.05, 3.63) is 30.3 Å². The summed E-state index contributed by atoms with van der Waals surface area (Å²) < 4.78 is 28.0. The molecule has 3 nitrogen and oxygen atoms in total. The van der Waals surface area contributed by atoms with Crippen LogP contribution in [0.15, 0.2) is 35.2 Å². The van der Waals surface area contributed by atoms with Gasteiger partial charge in [-0.1, -0.05) is 25.1 Å². The van der Waals surface area contributed by atoms with E-state index in [4.69, 9.17) is 4.18 Å². The van der Waals surface area contributed by atoms with Crippen LogP contribution in [0.3, 0.4) is 0 Å². The van der Waals surface area contributed by atoms with Crippen LogP contribution in [0.1, 0.15) is 6.92 Å². The number of rotatable bonds is 6. The van der Waals surface area contributed by atoms with Gasteiger partial charge in [-0.3, -0.25) is 4.18 Å². The molecule has 1 rings (SSSR count). The lowest BCUT2D eigenvalue weighted by Gasteiger charge is -2.04. The molecule has 0 radical (unpaired) electrons. The molecule has 0 spiro atoms. The minimum atomic E-state index is -3.55. The van der Waals surface area contributed by atoms with Crippen molar-refractivity contribution in [2.24, 2.45) is 0 Å². The fourth-order valence-electron chi connectivity index (χ4n) is 1.00. The van der Waals surface area contributed by atoms with Crippen LogP contribution in [-0.4, -0.2) is 26.5 Å². The van der Waals surface area contributed by atoms with E-state index in [2.05, 4.69) is 0 Å². The van der Waals surface area contributed by atoms with Crippen molar-refractivity contribution in [1.29, 1.82) is 0 Å². The molecule has 0 unspecified atom stereocenters. The summed E-state index contributed by atoms with van der Waals surface area (Å²) in [5.41, 5.74) is 0. The van der Waals surface area contributed by atoms with Crippen LogP contribution >= 0.6 is 11.8 Å². The Morgan fingerprint density at radius 3 is 2.53 bits per heavy atom. The Hall–Kier alpha value is -0.520. The third-order valence-electron chi connectivity index (χ3n) is 1.70. The Balaban J connectivity index is 2.53. The van der Waals surface area contributed by atoms with Gasteiger partial charge in [-0.15, -0.1) is 0 Å². The SMILES string of the molecule is CCSCCOS(=O)(=O)c1ccccc1. The first-order valence-electron chi connectivity index (χ1n) is 4.69. The molecular formula is C10H14O3S2. The smallest absolute Gasteiger partial charge is 0.266 e. The molecule has 84 valence electrons. The van der Waals surface area contributed by atoms with E-state index in [-0.39, 0.29) is 11.5 Å². The summed E-state index contributed by atoms with van der Waals surface area (Å²) in [4.78, 5) is 0.214. The van der Waals surface area contributed by atoms with Crippen LogP contribution in [0.4, 0.5) is 0 Å². The van der Waals surface area contributed by atoms with E-state index in [0.717, 1.165) is 5.75 Å². The van der Waals surface area contributed by atoms with Gasteiger partial charge < -0.3 is 0 Å². The molecule has 0 aliphatic carbocycles. The molecule has 0 atom stereocenters. The lowest BCUT2D eigenvalue weighted by Crippen LogP contribution is -2.08. The summed E-state index contributed by atoms with van der Waals surface area (Å²) in [5, 5.41) is 0. The van der Waals surface area contributed by atoms with Gasteiger partial charge in [-0.05, 0) is 17.9 Å². The predicted molar refractivity (Wildman–Crippen MR) is 62.6 cm³/mol. The monoisotopic (exact) mass is 246 g/mol. The number of hydrogen-bond donors (Lipinski definition) is 0. The zero-order valence-corrected chi connectivity index (χ0v) is 10.2. The van der Waals surface area contributed by atoms with E-state index in [1.54, 1.807) is 30.0 Å². The average molecular weight is 246 g/mol. The summed E-state index contributed by atoms with van der Waals surface area (Å²) in [7, 11) is -3.55. The van der Waals surface area contributed by atoms with Gasteiger partial charge in [0, 0.05) is 5.75 Å². The quantitative estimate of drug-likeness (QED) is 0.570. The van der Waals surface area contributed by atoms with E-state index < -0.39 is 10.1 Å². The lowest BCUT2D eigenvalue weighted by atomic mass is 10.4. The highest BCUT2D eigenvalue weighted by molar-refractivity contribution is 7.99. The highest BCUT2D eigenvalue weighted by atomic mass is 32.2. The number of benzene rings is 1. The van der Waals surface area contributed by atoms with E-state index in [1.165, 1.54) is 12.1 Å². The second-order valence-electron chi connectivity index (χ2n) is 2.79. The maximum atomic E-state index is 11.6. The molecule has 0 saturated heterocycles. The summed E-state index contributed by atoms with van der Waals surface area (Å²) in [5.74, 6) is 1.66. The number of thioether (sulfide) groups is 1. The van der Waals surface area contributed by atoms with Crippen LogP contribution in [0, 0.1) is 0 Å². The molecule has 0 amide bonds. The normalized spacial score (nSPS) is 11.5. The molecule has 0 aromatic heterocycles. The molecule has 0 fully saturated rings. The molecule has 0 heterocycles. The molecule has 1 aromatic carbocycles. The summed E-state index contributed by atoms with van der Waals surface area (Å²) in [6, 6.07) is 8.19. The molecule has 0 aliphatic heterocycles. The molecule has 15 heavy (non-hydrogen) atoms. The van der Waals surface area contributed by atoms with Crippen molar-refractivity contribution in [1.82, 2.24) is 0 Å². The summed E-state index contributed by atoms with van der Waals surface area (Å²) >= 11 is 1.65. The van der Waals surface area contributed by atoms with E-state index >= 15 is 0 Å². The Morgan fingerprint density at radius 2 is 1.93 bits per heavy atom. The predicted octanol–water partition coefficient (Wildman–Crippen LogP) is 2.15. The Morgan fingerprint density at radius 1 is 1.27 bits per heavy atom. The van der Waals surface area contributed by atoms with Crippen molar-refractivity contribution in [3.8, 4) is 0 Å². The van der Waals surface area contributed by atoms with Crippen LogP contribution in [0.5, 0.6) is 0 Å². The third kappa shape index (κ3) is 4.24. The molecular weight excluding hydrogens is 232 g/mol. The summed E-state index contributed by atoms with van der Waals surface area (Å²) in [6.07, 6.45) is 0. The van der Waals surface area contributed by atoms with Crippen LogP contribution in [0.25, 0.3) is 0 Å². The Labute approximate surface area is 95.0 Å². The highest BCUT2D eigenvalue weighted by Gasteiger charge is 2.13. The Bertz CT molecular complexity index is 373. The fourth-order valence-corrected chi connectivity index (χ4v) is 2.53. The first-order valence-corrected chi connectivity index (χ1v) is 7.25. The minimum absolute atomic E-state index is 0.214. The second-order valence-corrected chi connectivity index (χ2v) is 5.80. The van der Waals surface area contributed by atoms with E-state index in [1.807, 2.05) is 6.92 Å². The van der Waals surface area contributed by atoms with Gasteiger partial charge in [0.25, 0.3) is 10.1 Å². The van der Waals surface area contributed by atoms with Crippen LogP contribution in [-0.2, 0) is 14.3 Å². The maximum Gasteiger partial charge on any atom is 0.296 e. The highest BCUT2D eigenvalue weighted by Crippen LogP contribution is 2.11. The molecule has 5 heteroatoms. The van der Waals surface area contributed by atoms with Gasteiger partial charge in [-0.25, -0.2) is 0 Å². The molecule has 0 N–H and O–H groups in total. The van der Waals surface area contributed by atoms with Gasteiger partial charge in [-0.2, -0.15) is 20.2 Å². The van der Waals surface area contributed by atoms with Crippen molar-refractivity contribution >= 4 is 21.9 Å². The minimum Gasteiger partial charge on any atom is -0.266 e. The zero-order valence-electron chi connectivity index (χ0n) is 8.55. The van der Waals surface area contributed by atoms with Crippen molar-refractivity contribution in [3.63, 3.8) is 0 Å². The lowest BCUT2D eigenvalue weighted by molar-refractivity contribution is 0.341. The van der Waals surface area contributed by atoms with Crippen molar-refractivity contribution in [2.45, 2.75) is 11.8 Å². The van der Waals surface area contributed by atoms with Gasteiger partial charge in [0.1, 0.15) is 0 Å². The topological polar surface area (TPSA) is 43.4 Å². The first kappa shape index (κ1) is 12.5. The third-order valence-corrected chi connectivity index (χ3v) is 3.89. The first-order chi connectivity index (χ1) is 7.17. The van der Waals surface area contributed by atoms with Crippen LogP contribution < -0.4 is 0 Å². The summed E-state index contributed by atoms with van der Waals surface area (Å²) in [6.45, 7) is 2.26. The molecule has 0 saturated carbocycles. The van der Waals surface area contributed by atoms with Crippen molar-refractivity contribution in [2.75, 3.05) is 18.1 Å². The van der Waals surface area contributed by atoms with E-state index in [9.17, 15) is 8.42 Å². The fraction of sp³-hybridized carbons (Fsp3) is 0.400. The van der Waals surface area contributed by atoms with Crippen LogP contribution in [0.2, 0.25) is 0 Å². The van der Waals surface area contributed by atoms with Gasteiger partial charge in [0.05, 0.1) is 11.5 Å². The second kappa shape index (κ2) is 6.15. The van der Waals surface area contributed by atoms with Crippen molar-refractivity contribution < 1.29 is 12.6 Å². The van der Waals surface area contributed by atoms with Gasteiger partial charge >= 0.3 is 0 Å². The largest absolute Gasteiger partial charge is 0.296 e. The van der Waals surface area contributed by atoms with E-state index in [0.29, 0.717) is 5.75 Å². The van der Waals surface area contributed by atoms with Gasteiger partial charge in [0.15, 0.2) is 0 Å². The average Bonchev–Trinajstić information content (AvgIpc) is 2.26. The molecule has 0 aliphatic rings.